The number of hydrogen-bond acceptors (Lipinski definition) is 5. The van der Waals surface area contributed by atoms with Crippen molar-refractivity contribution in [2.45, 2.75) is 39.2 Å². The zero-order valence-electron chi connectivity index (χ0n) is 14.5. The third kappa shape index (κ3) is 3.73. The van der Waals surface area contributed by atoms with Gasteiger partial charge < -0.3 is 14.6 Å². The fourth-order valence-corrected chi connectivity index (χ4v) is 2.70. The van der Waals surface area contributed by atoms with Crippen molar-refractivity contribution in [3.63, 3.8) is 0 Å². The Morgan fingerprint density at radius 3 is 2.80 bits per heavy atom. The number of aromatic nitrogens is 4. The maximum atomic E-state index is 5.97. The molecule has 2 heterocycles. The third-order valence-corrected chi connectivity index (χ3v) is 4.37. The molecule has 4 rings (SSSR count). The summed E-state index contributed by atoms with van der Waals surface area (Å²) in [5.74, 6) is 1.78. The maximum Gasteiger partial charge on any atom is 0.247 e. The fraction of sp³-hybridized carbons (Fsp3) is 0.421. The Bertz CT molecular complexity index is 842. The number of rotatable bonds is 8. The molecule has 1 N–H and O–H groups in total. The number of imidazole rings is 1. The molecule has 3 aromatic rings. The summed E-state index contributed by atoms with van der Waals surface area (Å²) in [6.07, 6.45) is 6.55. The minimum absolute atomic E-state index is 0.544. The smallest absolute Gasteiger partial charge is 0.247 e. The van der Waals surface area contributed by atoms with Gasteiger partial charge in [0, 0.05) is 12.2 Å². The van der Waals surface area contributed by atoms with E-state index in [0.717, 1.165) is 36.2 Å². The summed E-state index contributed by atoms with van der Waals surface area (Å²) < 4.78 is 8.06. The molecule has 0 atom stereocenters. The molecule has 0 saturated heterocycles. The van der Waals surface area contributed by atoms with Crippen LogP contribution in [0.4, 0.5) is 11.6 Å². The van der Waals surface area contributed by atoms with E-state index in [4.69, 9.17) is 4.74 Å². The first-order valence-corrected chi connectivity index (χ1v) is 9.01. The van der Waals surface area contributed by atoms with Crippen molar-refractivity contribution < 1.29 is 4.74 Å². The van der Waals surface area contributed by atoms with Gasteiger partial charge in [-0.15, -0.1) is 0 Å². The number of nitrogens with zero attached hydrogens (tertiary/aromatic N) is 4. The van der Waals surface area contributed by atoms with Crippen LogP contribution in [-0.2, 0) is 6.54 Å². The van der Waals surface area contributed by atoms with E-state index in [1.807, 2.05) is 36.7 Å². The molecule has 0 amide bonds. The van der Waals surface area contributed by atoms with Gasteiger partial charge in [0.15, 0.2) is 11.2 Å². The monoisotopic (exact) mass is 337 g/mol. The van der Waals surface area contributed by atoms with Crippen molar-refractivity contribution in [3.05, 3.63) is 36.7 Å². The molecule has 2 aromatic heterocycles. The van der Waals surface area contributed by atoms with E-state index in [1.165, 1.54) is 12.8 Å². The van der Waals surface area contributed by atoms with E-state index in [1.54, 1.807) is 0 Å². The molecule has 0 radical (unpaired) electrons. The summed E-state index contributed by atoms with van der Waals surface area (Å²) in [7, 11) is 0. The summed E-state index contributed by atoms with van der Waals surface area (Å²) in [4.78, 5) is 13.8. The molecule has 1 aliphatic rings. The van der Waals surface area contributed by atoms with Crippen molar-refractivity contribution in [1.82, 2.24) is 19.5 Å². The van der Waals surface area contributed by atoms with Crippen molar-refractivity contribution in [1.29, 1.82) is 0 Å². The Balaban J connectivity index is 1.67. The number of fused-ring (bicyclic) bond motifs is 1. The Morgan fingerprint density at radius 1 is 1.20 bits per heavy atom. The van der Waals surface area contributed by atoms with Crippen LogP contribution in [0.2, 0.25) is 0 Å². The van der Waals surface area contributed by atoms with Crippen LogP contribution < -0.4 is 10.1 Å². The second-order valence-corrected chi connectivity index (χ2v) is 6.56. The molecule has 1 aromatic carbocycles. The van der Waals surface area contributed by atoms with Crippen LogP contribution in [0.1, 0.15) is 32.6 Å². The van der Waals surface area contributed by atoms with Gasteiger partial charge in [0.2, 0.25) is 11.8 Å². The van der Waals surface area contributed by atoms with Crippen LogP contribution in [0.3, 0.4) is 0 Å². The highest BCUT2D eigenvalue weighted by Gasteiger charge is 2.23. The van der Waals surface area contributed by atoms with Gasteiger partial charge >= 0.3 is 0 Å². The SMILES string of the molecule is CCCCn1cnc2c(OCC3CC3)nc(Nc3ccccc3)nc21. The number of para-hydroxylation sites is 1. The van der Waals surface area contributed by atoms with Gasteiger partial charge in [-0.3, -0.25) is 0 Å². The average Bonchev–Trinajstić information content (AvgIpc) is 3.38. The molecule has 1 aliphatic carbocycles. The van der Waals surface area contributed by atoms with E-state index in [9.17, 15) is 0 Å². The zero-order chi connectivity index (χ0) is 17.1. The fourth-order valence-electron chi connectivity index (χ4n) is 2.70. The van der Waals surface area contributed by atoms with E-state index in [0.29, 0.717) is 24.4 Å². The number of aryl methyl sites for hydroxylation is 1. The number of hydrogen-bond donors (Lipinski definition) is 1. The molecule has 0 unspecified atom stereocenters. The van der Waals surface area contributed by atoms with Gasteiger partial charge in [0.1, 0.15) is 0 Å². The van der Waals surface area contributed by atoms with Crippen LogP contribution in [0.25, 0.3) is 11.2 Å². The van der Waals surface area contributed by atoms with Crippen LogP contribution in [0.15, 0.2) is 36.7 Å². The normalized spacial score (nSPS) is 14.0. The molecule has 0 aliphatic heterocycles. The van der Waals surface area contributed by atoms with Gasteiger partial charge in [-0.1, -0.05) is 31.5 Å². The molecule has 1 saturated carbocycles. The Labute approximate surface area is 147 Å². The highest BCUT2D eigenvalue weighted by atomic mass is 16.5. The number of anilines is 2. The lowest BCUT2D eigenvalue weighted by Crippen LogP contribution is -2.06. The Morgan fingerprint density at radius 2 is 2.04 bits per heavy atom. The first-order chi connectivity index (χ1) is 12.3. The third-order valence-electron chi connectivity index (χ3n) is 4.37. The quantitative estimate of drug-likeness (QED) is 0.668. The molecule has 6 heteroatoms. The van der Waals surface area contributed by atoms with Crippen molar-refractivity contribution in [2.24, 2.45) is 5.92 Å². The van der Waals surface area contributed by atoms with Crippen LogP contribution >= 0.6 is 0 Å². The highest BCUT2D eigenvalue weighted by molar-refractivity contribution is 5.78. The molecule has 130 valence electrons. The van der Waals surface area contributed by atoms with Crippen molar-refractivity contribution in [2.75, 3.05) is 11.9 Å². The van der Waals surface area contributed by atoms with Crippen LogP contribution in [0, 0.1) is 5.92 Å². The molecule has 0 bridgehead atoms. The van der Waals surface area contributed by atoms with Gasteiger partial charge in [0.25, 0.3) is 0 Å². The topological polar surface area (TPSA) is 64.9 Å². The minimum Gasteiger partial charge on any atom is -0.476 e. The summed E-state index contributed by atoms with van der Waals surface area (Å²) in [6.45, 7) is 3.79. The first kappa shape index (κ1) is 15.9. The van der Waals surface area contributed by atoms with Crippen LogP contribution in [-0.4, -0.2) is 26.1 Å². The average molecular weight is 337 g/mol. The number of unbranched alkanes of at least 4 members (excludes halogenated alkanes) is 1. The first-order valence-electron chi connectivity index (χ1n) is 9.01. The van der Waals surface area contributed by atoms with Gasteiger partial charge in [-0.25, -0.2) is 4.98 Å². The largest absolute Gasteiger partial charge is 0.476 e. The molecular formula is C19H23N5O. The minimum atomic E-state index is 0.544. The summed E-state index contributed by atoms with van der Waals surface area (Å²) in [5, 5.41) is 3.27. The lowest BCUT2D eigenvalue weighted by atomic mass is 10.3. The molecule has 6 nitrogen and oxygen atoms in total. The van der Waals surface area contributed by atoms with Crippen molar-refractivity contribution in [3.8, 4) is 5.88 Å². The lowest BCUT2D eigenvalue weighted by Gasteiger charge is -2.10. The molecule has 1 fully saturated rings. The predicted octanol–water partition coefficient (Wildman–Crippen LogP) is 4.16. The summed E-state index contributed by atoms with van der Waals surface area (Å²) in [6, 6.07) is 9.94. The zero-order valence-corrected chi connectivity index (χ0v) is 14.5. The molecule has 25 heavy (non-hydrogen) atoms. The van der Waals surface area contributed by atoms with E-state index < -0.39 is 0 Å². The Kier molecular flexibility index (Phi) is 4.50. The standard InChI is InChI=1S/C19H23N5O/c1-2-3-11-24-13-20-16-17(24)22-19(21-15-7-5-4-6-8-15)23-18(16)25-12-14-9-10-14/h4-8,13-14H,2-3,9-12H2,1H3,(H,21,22,23). The van der Waals surface area contributed by atoms with Crippen LogP contribution in [0.5, 0.6) is 5.88 Å². The van der Waals surface area contributed by atoms with E-state index >= 15 is 0 Å². The highest BCUT2D eigenvalue weighted by Crippen LogP contribution is 2.31. The lowest BCUT2D eigenvalue weighted by molar-refractivity contribution is 0.292. The summed E-state index contributed by atoms with van der Waals surface area (Å²) in [5.41, 5.74) is 2.53. The van der Waals surface area contributed by atoms with Gasteiger partial charge in [0.05, 0.1) is 12.9 Å². The predicted molar refractivity (Wildman–Crippen MR) is 98.2 cm³/mol. The van der Waals surface area contributed by atoms with Gasteiger partial charge in [-0.2, -0.15) is 9.97 Å². The van der Waals surface area contributed by atoms with Crippen molar-refractivity contribution >= 4 is 22.8 Å². The molecule has 0 spiro atoms. The second-order valence-electron chi connectivity index (χ2n) is 6.56. The molecular weight excluding hydrogens is 314 g/mol. The van der Waals surface area contributed by atoms with E-state index in [2.05, 4.69) is 31.8 Å². The maximum absolute atomic E-state index is 5.97. The van der Waals surface area contributed by atoms with E-state index in [-0.39, 0.29) is 0 Å². The number of benzene rings is 1. The number of nitrogens with one attached hydrogen (secondary N) is 1. The Hall–Kier alpha value is -2.63. The van der Waals surface area contributed by atoms with Gasteiger partial charge in [-0.05, 0) is 37.3 Å². The summed E-state index contributed by atoms with van der Waals surface area (Å²) >= 11 is 0. The second kappa shape index (κ2) is 7.09. The number of ether oxygens (including phenoxy) is 1.